The minimum Gasteiger partial charge on any atom is -0.465 e. The number of hydrogen-bond acceptors (Lipinski definition) is 3. The first-order valence-electron chi connectivity index (χ1n) is 7.01. The zero-order valence-corrected chi connectivity index (χ0v) is 12.9. The van der Waals surface area contributed by atoms with Gasteiger partial charge in [0.05, 0.1) is 12.5 Å². The molecule has 18 heavy (non-hydrogen) atoms. The number of ether oxygens (including phenoxy) is 1. The van der Waals surface area contributed by atoms with Crippen LogP contribution in [0.3, 0.4) is 0 Å². The minimum atomic E-state index is -0.00140. The lowest BCUT2D eigenvalue weighted by Crippen LogP contribution is -2.47. The second kappa shape index (κ2) is 5.60. The molecular formula is C15H29NO2. The van der Waals surface area contributed by atoms with Gasteiger partial charge >= 0.3 is 5.97 Å². The van der Waals surface area contributed by atoms with E-state index in [9.17, 15) is 4.79 Å². The Morgan fingerprint density at radius 1 is 1.11 bits per heavy atom. The maximum atomic E-state index is 12.0. The monoisotopic (exact) mass is 255 g/mol. The fraction of sp³-hybridized carbons (Fsp3) is 0.933. The molecule has 0 spiro atoms. The van der Waals surface area contributed by atoms with E-state index in [2.05, 4.69) is 46.4 Å². The molecule has 3 heteroatoms. The van der Waals surface area contributed by atoms with E-state index >= 15 is 0 Å². The first-order chi connectivity index (χ1) is 8.09. The van der Waals surface area contributed by atoms with Crippen LogP contribution in [0.5, 0.6) is 0 Å². The molecule has 1 aliphatic heterocycles. The molecule has 1 aliphatic rings. The van der Waals surface area contributed by atoms with Crippen molar-refractivity contribution in [2.24, 2.45) is 11.3 Å². The largest absolute Gasteiger partial charge is 0.465 e. The molecule has 0 atom stereocenters. The maximum absolute atomic E-state index is 12.0. The first kappa shape index (κ1) is 15.5. The molecule has 0 radical (unpaired) electrons. The van der Waals surface area contributed by atoms with E-state index in [-0.39, 0.29) is 22.8 Å². The topological polar surface area (TPSA) is 29.5 Å². The number of carbonyl (C=O) groups is 1. The summed E-state index contributed by atoms with van der Waals surface area (Å²) in [5.41, 5.74) is 0.266. The molecule has 0 unspecified atom stereocenters. The van der Waals surface area contributed by atoms with Crippen molar-refractivity contribution >= 4 is 5.97 Å². The summed E-state index contributed by atoms with van der Waals surface area (Å²) in [6.45, 7) is 15.5. The molecule has 0 aromatic rings. The third-order valence-electron chi connectivity index (χ3n) is 3.42. The predicted molar refractivity (Wildman–Crippen MR) is 74.5 cm³/mol. The van der Waals surface area contributed by atoms with Crippen molar-refractivity contribution in [1.29, 1.82) is 0 Å². The van der Waals surface area contributed by atoms with Gasteiger partial charge in [0.15, 0.2) is 0 Å². The van der Waals surface area contributed by atoms with E-state index in [1.165, 1.54) is 0 Å². The van der Waals surface area contributed by atoms with Crippen molar-refractivity contribution in [2.45, 2.75) is 59.9 Å². The van der Waals surface area contributed by atoms with Crippen molar-refractivity contribution in [1.82, 2.24) is 4.90 Å². The van der Waals surface area contributed by atoms with Crippen LogP contribution in [0.2, 0.25) is 0 Å². The number of esters is 1. The Labute approximate surface area is 112 Å². The van der Waals surface area contributed by atoms with Gasteiger partial charge in [0, 0.05) is 5.54 Å². The number of hydrogen-bond donors (Lipinski definition) is 0. The van der Waals surface area contributed by atoms with Gasteiger partial charge in [-0.25, -0.2) is 0 Å². The normalized spacial score (nSPS) is 19.9. The maximum Gasteiger partial charge on any atom is 0.309 e. The van der Waals surface area contributed by atoms with Crippen molar-refractivity contribution in [2.75, 3.05) is 19.7 Å². The van der Waals surface area contributed by atoms with E-state index in [0.717, 1.165) is 25.9 Å². The lowest BCUT2D eigenvalue weighted by Gasteiger charge is -2.40. The van der Waals surface area contributed by atoms with Gasteiger partial charge in [-0.05, 0) is 52.1 Å². The zero-order chi connectivity index (χ0) is 14.0. The van der Waals surface area contributed by atoms with Crippen LogP contribution in [-0.2, 0) is 9.53 Å². The van der Waals surface area contributed by atoms with Crippen LogP contribution in [0.4, 0.5) is 0 Å². The molecule has 1 saturated heterocycles. The van der Waals surface area contributed by atoms with Crippen LogP contribution < -0.4 is 0 Å². The molecule has 0 aromatic heterocycles. The van der Waals surface area contributed by atoms with Gasteiger partial charge < -0.3 is 4.74 Å². The number of piperidine rings is 1. The molecule has 0 N–H and O–H groups in total. The fourth-order valence-electron chi connectivity index (χ4n) is 2.19. The van der Waals surface area contributed by atoms with Crippen LogP contribution >= 0.6 is 0 Å². The van der Waals surface area contributed by atoms with Crippen LogP contribution in [0.15, 0.2) is 0 Å². The van der Waals surface area contributed by atoms with Crippen molar-refractivity contribution in [3.05, 3.63) is 0 Å². The van der Waals surface area contributed by atoms with E-state index in [4.69, 9.17) is 4.74 Å². The second-order valence-corrected chi connectivity index (χ2v) is 7.60. The smallest absolute Gasteiger partial charge is 0.309 e. The quantitative estimate of drug-likeness (QED) is 0.710. The van der Waals surface area contributed by atoms with Crippen LogP contribution in [0, 0.1) is 11.3 Å². The highest BCUT2D eigenvalue weighted by Crippen LogP contribution is 2.25. The SMILES string of the molecule is CC(C)(C)COC(=O)C1CCN(C(C)(C)C)CC1. The van der Waals surface area contributed by atoms with Crippen molar-refractivity contribution in [3.8, 4) is 0 Å². The van der Waals surface area contributed by atoms with Gasteiger partial charge in [0.2, 0.25) is 0 Å². The molecule has 1 fully saturated rings. The van der Waals surface area contributed by atoms with Gasteiger partial charge in [0.1, 0.15) is 0 Å². The van der Waals surface area contributed by atoms with Crippen LogP contribution in [0.25, 0.3) is 0 Å². The molecule has 106 valence electrons. The summed E-state index contributed by atoms with van der Waals surface area (Å²) in [6.07, 6.45) is 1.86. The summed E-state index contributed by atoms with van der Waals surface area (Å²) >= 11 is 0. The van der Waals surface area contributed by atoms with Gasteiger partial charge in [-0.2, -0.15) is 0 Å². The molecule has 0 bridgehead atoms. The van der Waals surface area contributed by atoms with E-state index in [1.807, 2.05) is 0 Å². The molecule has 1 rings (SSSR count). The van der Waals surface area contributed by atoms with E-state index < -0.39 is 0 Å². The van der Waals surface area contributed by atoms with Gasteiger partial charge in [-0.3, -0.25) is 9.69 Å². The Balaban J connectivity index is 2.37. The Kier molecular flexibility index (Phi) is 4.82. The Morgan fingerprint density at radius 3 is 2.00 bits per heavy atom. The summed E-state index contributed by atoms with van der Waals surface area (Å²) in [6, 6.07) is 0. The molecule has 3 nitrogen and oxygen atoms in total. The highest BCUT2D eigenvalue weighted by Gasteiger charge is 2.31. The minimum absolute atomic E-state index is 0.00140. The average molecular weight is 255 g/mol. The molecule has 1 heterocycles. The number of nitrogens with zero attached hydrogens (tertiary/aromatic N) is 1. The Morgan fingerprint density at radius 2 is 1.61 bits per heavy atom. The Bertz CT molecular complexity index is 278. The first-order valence-corrected chi connectivity index (χ1v) is 7.01. The van der Waals surface area contributed by atoms with Crippen molar-refractivity contribution in [3.63, 3.8) is 0 Å². The predicted octanol–water partition coefficient (Wildman–Crippen LogP) is 3.09. The molecule has 0 saturated carbocycles. The van der Waals surface area contributed by atoms with Crippen molar-refractivity contribution < 1.29 is 9.53 Å². The summed E-state index contributed by atoms with van der Waals surface area (Å²) < 4.78 is 5.41. The number of rotatable bonds is 2. The third-order valence-corrected chi connectivity index (χ3v) is 3.42. The summed E-state index contributed by atoms with van der Waals surface area (Å²) in [4.78, 5) is 14.4. The van der Waals surface area contributed by atoms with E-state index in [1.54, 1.807) is 0 Å². The summed E-state index contributed by atoms with van der Waals surface area (Å²) in [7, 11) is 0. The van der Waals surface area contributed by atoms with Gasteiger partial charge in [0.25, 0.3) is 0 Å². The average Bonchev–Trinajstić information content (AvgIpc) is 2.24. The van der Waals surface area contributed by atoms with E-state index in [0.29, 0.717) is 6.61 Å². The lowest BCUT2D eigenvalue weighted by atomic mass is 9.93. The molecule has 0 amide bonds. The summed E-state index contributed by atoms with van der Waals surface area (Å²) in [5, 5.41) is 0. The standard InChI is InChI=1S/C15H29NO2/c1-14(2,3)11-18-13(17)12-7-9-16(10-8-12)15(4,5)6/h12H,7-11H2,1-6H3. The van der Waals surface area contributed by atoms with Crippen LogP contribution in [0.1, 0.15) is 54.4 Å². The lowest BCUT2D eigenvalue weighted by molar-refractivity contribution is -0.153. The van der Waals surface area contributed by atoms with Gasteiger partial charge in [-0.1, -0.05) is 20.8 Å². The zero-order valence-electron chi connectivity index (χ0n) is 12.9. The summed E-state index contributed by atoms with van der Waals surface area (Å²) in [5.74, 6) is 0.101. The number of likely N-dealkylation sites (tertiary alicyclic amines) is 1. The number of carbonyl (C=O) groups excluding carboxylic acids is 1. The third kappa shape index (κ3) is 4.97. The highest BCUT2D eigenvalue weighted by molar-refractivity contribution is 5.72. The highest BCUT2D eigenvalue weighted by atomic mass is 16.5. The second-order valence-electron chi connectivity index (χ2n) is 7.60. The Hall–Kier alpha value is -0.570. The van der Waals surface area contributed by atoms with Crippen LogP contribution in [-0.4, -0.2) is 36.1 Å². The molecule has 0 aromatic carbocycles. The van der Waals surface area contributed by atoms with Gasteiger partial charge in [-0.15, -0.1) is 0 Å². The molecule has 0 aliphatic carbocycles. The molecular weight excluding hydrogens is 226 g/mol. The fourth-order valence-corrected chi connectivity index (χ4v) is 2.19.